The van der Waals surface area contributed by atoms with E-state index in [9.17, 15) is 7.38 Å². The first kappa shape index (κ1) is 25.9. The van der Waals surface area contributed by atoms with E-state index in [1.165, 1.54) is 4.88 Å². The van der Waals surface area contributed by atoms with Gasteiger partial charge in [0.2, 0.25) is 0 Å². The molecule has 0 bridgehead atoms. The largest absolute Gasteiger partial charge is 1.00 e. The Morgan fingerprint density at radius 2 is 1.28 bits per heavy atom. The van der Waals surface area contributed by atoms with E-state index in [0.717, 1.165) is 0 Å². The Morgan fingerprint density at radius 3 is 1.56 bits per heavy atom. The molecule has 6 heteroatoms. The quantitative estimate of drug-likeness (QED) is 0.587. The molecule has 1 saturated heterocycles. The summed E-state index contributed by atoms with van der Waals surface area (Å²) < 4.78 is 23.0. The first-order chi connectivity index (χ1) is 10.3. The van der Waals surface area contributed by atoms with Crippen LogP contribution < -0.4 is 24.8 Å². The molecule has 0 aliphatic carbocycles. The van der Waals surface area contributed by atoms with Gasteiger partial charge in [-0.25, -0.2) is 0 Å². The average Bonchev–Trinajstić information content (AvgIpc) is 2.75. The van der Waals surface area contributed by atoms with E-state index in [1.807, 2.05) is 11.3 Å². The third-order valence-electron chi connectivity index (χ3n) is 5.84. The van der Waals surface area contributed by atoms with E-state index >= 15 is 0 Å². The van der Waals surface area contributed by atoms with Crippen LogP contribution in [0.5, 0.6) is 0 Å². The first-order valence-corrected chi connectivity index (χ1v) is 12.9. The molecule has 146 valence electrons. The van der Waals surface area contributed by atoms with Gasteiger partial charge in [0, 0.05) is 0 Å². The van der Waals surface area contributed by atoms with Crippen LogP contribution in [0.1, 0.15) is 66.2 Å². The number of hydrogen-bond acceptors (Lipinski definition) is 3. The van der Waals surface area contributed by atoms with Crippen molar-refractivity contribution in [2.45, 2.75) is 69.8 Å². The monoisotopic (exact) mass is 444 g/mol. The van der Waals surface area contributed by atoms with E-state index < -0.39 is 17.4 Å². The van der Waals surface area contributed by atoms with Crippen LogP contribution in [0.15, 0.2) is 17.5 Å². The minimum Gasteiger partial charge on any atom is -1.00 e. The van der Waals surface area contributed by atoms with Crippen LogP contribution in [0.25, 0.3) is 0 Å². The molecule has 4 atom stereocenters. The third kappa shape index (κ3) is 4.85. The van der Waals surface area contributed by atoms with Gasteiger partial charge in [0.05, 0.1) is 0 Å². The van der Waals surface area contributed by atoms with Crippen LogP contribution >= 0.6 is 11.3 Å². The van der Waals surface area contributed by atoms with Crippen molar-refractivity contribution in [2.75, 3.05) is 0 Å². The van der Waals surface area contributed by atoms with Gasteiger partial charge in [-0.15, -0.1) is 0 Å². The number of thiophene rings is 1. The van der Waals surface area contributed by atoms with Gasteiger partial charge in [0.25, 0.3) is 0 Å². The molecule has 4 unspecified atom stereocenters. The minimum absolute atomic E-state index is 0. The summed E-state index contributed by atoms with van der Waals surface area (Å²) in [5.74, 6) is 1.02. The van der Waals surface area contributed by atoms with Crippen molar-refractivity contribution in [3.05, 3.63) is 22.4 Å². The van der Waals surface area contributed by atoms with Gasteiger partial charge >= 0.3 is 151 Å². The molecular formula is C19H34Cl2O2STi. The topological polar surface area (TPSA) is 40.5 Å². The van der Waals surface area contributed by atoms with Crippen molar-refractivity contribution < 1.29 is 49.6 Å². The van der Waals surface area contributed by atoms with Crippen molar-refractivity contribution in [3.8, 4) is 0 Å². The Labute approximate surface area is 174 Å². The summed E-state index contributed by atoms with van der Waals surface area (Å²) in [6.45, 7) is 17.6. The molecule has 2 nitrogen and oxygen atoms in total. The van der Waals surface area contributed by atoms with E-state index in [1.54, 1.807) is 0 Å². The van der Waals surface area contributed by atoms with Gasteiger partial charge in [0.1, 0.15) is 0 Å². The SMILES string of the molecule is CC1C(c2cccs2)C(C)[CH](C(C)(C)C)[Ti+2]([OH])([OH])[CH]1C(C)(C)C.[Cl-].[Cl-]. The van der Waals surface area contributed by atoms with Crippen LogP contribution in [0.2, 0.25) is 8.45 Å². The summed E-state index contributed by atoms with van der Waals surface area (Å²) in [6, 6.07) is 4.36. The molecule has 0 saturated carbocycles. The Morgan fingerprint density at radius 1 is 0.880 bits per heavy atom. The van der Waals surface area contributed by atoms with E-state index in [0.29, 0.717) is 17.8 Å². The van der Waals surface area contributed by atoms with Crippen molar-refractivity contribution in [1.29, 1.82) is 0 Å². The molecule has 2 rings (SSSR count). The van der Waals surface area contributed by atoms with Gasteiger partial charge in [-0.2, -0.15) is 0 Å². The molecule has 1 aromatic rings. The molecule has 0 aromatic carbocycles. The average molecular weight is 445 g/mol. The fourth-order valence-corrected chi connectivity index (χ4v) is 14.4. The van der Waals surface area contributed by atoms with Gasteiger partial charge in [-0.05, 0) is 0 Å². The second-order valence-corrected chi connectivity index (χ2v) is 15.1. The first-order valence-electron chi connectivity index (χ1n) is 8.77. The minimum atomic E-state index is -4.01. The predicted molar refractivity (Wildman–Crippen MR) is 96.2 cm³/mol. The Bertz CT molecular complexity index is 505. The zero-order valence-electron chi connectivity index (χ0n) is 16.7. The second-order valence-electron chi connectivity index (χ2n) is 9.73. The number of hydrogen-bond donors (Lipinski definition) is 2. The fourth-order valence-electron chi connectivity index (χ4n) is 5.71. The van der Waals surface area contributed by atoms with Crippen LogP contribution in [-0.4, -0.2) is 7.38 Å². The molecular weight excluding hydrogens is 411 g/mol. The molecule has 1 aliphatic heterocycles. The molecule has 0 spiro atoms. The maximum atomic E-state index is 11.5. The van der Waals surface area contributed by atoms with Crippen molar-refractivity contribution in [2.24, 2.45) is 22.7 Å². The molecule has 2 N–H and O–H groups in total. The molecule has 25 heavy (non-hydrogen) atoms. The predicted octanol–water partition coefficient (Wildman–Crippen LogP) is -0.237. The molecule has 1 aliphatic rings. The maximum Gasteiger partial charge on any atom is -1.00 e. The van der Waals surface area contributed by atoms with Gasteiger partial charge in [-0.3, -0.25) is 0 Å². The van der Waals surface area contributed by atoms with Crippen molar-refractivity contribution >= 4 is 11.3 Å². The van der Waals surface area contributed by atoms with Gasteiger partial charge in [-0.1, -0.05) is 0 Å². The number of rotatable bonds is 1. The zero-order chi connectivity index (χ0) is 17.8. The summed E-state index contributed by atoms with van der Waals surface area (Å²) >= 11 is -2.19. The van der Waals surface area contributed by atoms with Gasteiger partial charge in [0.15, 0.2) is 0 Å². The van der Waals surface area contributed by atoms with E-state index in [2.05, 4.69) is 72.9 Å². The zero-order valence-corrected chi connectivity index (χ0v) is 20.6. The Kier molecular flexibility index (Phi) is 8.82. The number of halogens is 2. The normalized spacial score (nSPS) is 31.2. The van der Waals surface area contributed by atoms with E-state index in [-0.39, 0.29) is 44.1 Å². The van der Waals surface area contributed by atoms with Gasteiger partial charge < -0.3 is 24.8 Å². The third-order valence-corrected chi connectivity index (χ3v) is 14.0. The van der Waals surface area contributed by atoms with Crippen LogP contribution in [0.3, 0.4) is 0 Å². The molecule has 0 radical (unpaired) electrons. The summed E-state index contributed by atoms with van der Waals surface area (Å²) in [7, 11) is 0. The fraction of sp³-hybridized carbons (Fsp3) is 0.789. The van der Waals surface area contributed by atoms with Crippen LogP contribution in [0, 0.1) is 22.7 Å². The van der Waals surface area contributed by atoms with E-state index in [4.69, 9.17) is 0 Å². The molecule has 0 amide bonds. The standard InChI is InChI=1S/C19H32S.2ClH.2H2O.Ti/c1-14(12-18(3,4)5)17(16-10-9-11-20-16)15(2)13-19(6,7)8;;;;;/h9-15,17H,1-8H3;2*1H;2*1H2;/q;;;;;+4/p-4. The summed E-state index contributed by atoms with van der Waals surface area (Å²) in [5.41, 5.74) is -0.163. The molecule has 2 heterocycles. The summed E-state index contributed by atoms with van der Waals surface area (Å²) in [6.07, 6.45) is 0. The van der Waals surface area contributed by atoms with Crippen molar-refractivity contribution in [1.82, 2.24) is 0 Å². The Hall–Kier alpha value is 0.914. The Balaban J connectivity index is 0.00000288. The second kappa shape index (κ2) is 8.51. The molecule has 1 fully saturated rings. The van der Waals surface area contributed by atoms with Crippen LogP contribution in [0.4, 0.5) is 0 Å². The smallest absolute Gasteiger partial charge is 1.00 e. The maximum absolute atomic E-state index is 11.5. The molecule has 1 aromatic heterocycles. The van der Waals surface area contributed by atoms with Crippen LogP contribution in [-0.2, 0) is 17.4 Å². The summed E-state index contributed by atoms with van der Waals surface area (Å²) in [4.78, 5) is 1.41. The summed E-state index contributed by atoms with van der Waals surface area (Å²) in [5, 5.41) is 2.15. The van der Waals surface area contributed by atoms with Crippen molar-refractivity contribution in [3.63, 3.8) is 0 Å².